The van der Waals surface area contributed by atoms with Gasteiger partial charge in [-0.25, -0.2) is 5.10 Å². The van der Waals surface area contributed by atoms with Crippen LogP contribution in [0.1, 0.15) is 18.1 Å². The van der Waals surface area contributed by atoms with Crippen molar-refractivity contribution in [3.05, 3.63) is 77.9 Å². The van der Waals surface area contributed by atoms with E-state index in [1.54, 1.807) is 0 Å². The molecule has 3 aromatic carbocycles. The molecular formula is C24H21N7O2. The zero-order valence-corrected chi connectivity index (χ0v) is 17.9. The predicted octanol–water partition coefficient (Wildman–Crippen LogP) is 4.14. The summed E-state index contributed by atoms with van der Waals surface area (Å²) in [5.41, 5.74) is 6.50. The van der Waals surface area contributed by atoms with Gasteiger partial charge in [-0.05, 0) is 40.1 Å². The number of H-pyrrole nitrogens is 1. The minimum atomic E-state index is 0.499. The topological polar surface area (TPSA) is 114 Å². The molecule has 0 aliphatic carbocycles. The Balaban J connectivity index is 1.52. The third-order valence-electron chi connectivity index (χ3n) is 5.37. The number of aromatic nitrogens is 6. The van der Waals surface area contributed by atoms with E-state index >= 15 is 0 Å². The summed E-state index contributed by atoms with van der Waals surface area (Å²) in [5, 5.41) is 26.6. The molecule has 9 nitrogen and oxygen atoms in total. The van der Waals surface area contributed by atoms with Gasteiger partial charge in [0.25, 0.3) is 6.01 Å². The first-order valence-electron chi connectivity index (χ1n) is 10.5. The quantitative estimate of drug-likeness (QED) is 0.224. The van der Waals surface area contributed by atoms with E-state index in [1.165, 1.54) is 6.21 Å². The fraction of sp³-hybridized carbons (Fsp3) is 0.125. The Morgan fingerprint density at radius 2 is 1.85 bits per heavy atom. The van der Waals surface area contributed by atoms with Crippen LogP contribution in [0.4, 0.5) is 0 Å². The highest BCUT2D eigenvalue weighted by Gasteiger charge is 2.16. The number of benzene rings is 3. The number of aromatic amines is 1. The van der Waals surface area contributed by atoms with Crippen LogP contribution in [0.2, 0.25) is 0 Å². The maximum absolute atomic E-state index is 9.09. The molecule has 5 aromatic rings. The summed E-state index contributed by atoms with van der Waals surface area (Å²) in [6.45, 7) is 2.98. The Kier molecular flexibility index (Phi) is 5.50. The summed E-state index contributed by atoms with van der Waals surface area (Å²) in [4.78, 5) is 4.62. The molecule has 2 N–H and O–H groups in total. The molecule has 0 saturated heterocycles. The second-order valence-electron chi connectivity index (χ2n) is 7.37. The molecule has 164 valence electrons. The number of ether oxygens (including phenoxy) is 1. The molecule has 0 aliphatic rings. The summed E-state index contributed by atoms with van der Waals surface area (Å²) in [6.07, 6.45) is 1.41. The van der Waals surface area contributed by atoms with Gasteiger partial charge in [-0.3, -0.25) is 4.57 Å². The Bertz CT molecular complexity index is 1410. The van der Waals surface area contributed by atoms with Crippen LogP contribution in [-0.4, -0.2) is 48.2 Å². The van der Waals surface area contributed by atoms with Crippen molar-refractivity contribution in [2.75, 3.05) is 6.61 Å². The summed E-state index contributed by atoms with van der Waals surface area (Å²) in [5.74, 6) is 0.624. The maximum Gasteiger partial charge on any atom is 0.297 e. The van der Waals surface area contributed by atoms with Crippen LogP contribution in [0.3, 0.4) is 0 Å². The summed E-state index contributed by atoms with van der Waals surface area (Å²) >= 11 is 0. The lowest BCUT2D eigenvalue weighted by Crippen LogP contribution is -2.06. The number of oxime groups is 1. The molecule has 5 rings (SSSR count). The first-order valence-corrected chi connectivity index (χ1v) is 10.5. The number of para-hydroxylation sites is 1. The highest BCUT2D eigenvalue weighted by atomic mass is 16.5. The van der Waals surface area contributed by atoms with E-state index in [2.05, 4.69) is 55.0 Å². The summed E-state index contributed by atoms with van der Waals surface area (Å²) in [6, 6.07) is 22.5. The minimum Gasteiger partial charge on any atom is -0.465 e. The smallest absolute Gasteiger partial charge is 0.297 e. The Morgan fingerprint density at radius 3 is 2.58 bits per heavy atom. The lowest BCUT2D eigenvalue weighted by molar-refractivity contribution is 0.301. The Hall–Kier alpha value is -4.53. The van der Waals surface area contributed by atoms with E-state index in [-0.39, 0.29) is 0 Å². The van der Waals surface area contributed by atoms with E-state index < -0.39 is 0 Å². The largest absolute Gasteiger partial charge is 0.465 e. The molecule has 0 fully saturated rings. The predicted molar refractivity (Wildman–Crippen MR) is 124 cm³/mol. The fourth-order valence-electron chi connectivity index (χ4n) is 3.93. The molecule has 0 bridgehead atoms. The Morgan fingerprint density at radius 1 is 1.03 bits per heavy atom. The lowest BCUT2D eigenvalue weighted by Gasteiger charge is -2.12. The van der Waals surface area contributed by atoms with Gasteiger partial charge in [-0.1, -0.05) is 65.8 Å². The van der Waals surface area contributed by atoms with E-state index in [1.807, 2.05) is 54.0 Å². The van der Waals surface area contributed by atoms with Crippen LogP contribution in [0.25, 0.3) is 33.5 Å². The van der Waals surface area contributed by atoms with Gasteiger partial charge < -0.3 is 9.94 Å². The number of rotatable bonds is 7. The first kappa shape index (κ1) is 20.4. The number of nitrogens with zero attached hydrogens (tertiary/aromatic N) is 6. The van der Waals surface area contributed by atoms with Gasteiger partial charge in [0.05, 0.1) is 30.4 Å². The van der Waals surface area contributed by atoms with Crippen LogP contribution in [0, 0.1) is 0 Å². The van der Waals surface area contributed by atoms with Crippen LogP contribution in [-0.2, 0) is 6.54 Å². The van der Waals surface area contributed by atoms with Gasteiger partial charge in [0, 0.05) is 11.1 Å². The van der Waals surface area contributed by atoms with Crippen LogP contribution >= 0.6 is 0 Å². The summed E-state index contributed by atoms with van der Waals surface area (Å²) in [7, 11) is 0. The van der Waals surface area contributed by atoms with Crippen molar-refractivity contribution in [1.29, 1.82) is 0 Å². The molecule has 0 unspecified atom stereocenters. The van der Waals surface area contributed by atoms with Crippen molar-refractivity contribution < 1.29 is 9.94 Å². The fourth-order valence-corrected chi connectivity index (χ4v) is 3.93. The van der Waals surface area contributed by atoms with Crippen molar-refractivity contribution in [2.45, 2.75) is 13.5 Å². The van der Waals surface area contributed by atoms with E-state index in [4.69, 9.17) is 9.94 Å². The number of nitrogens with one attached hydrogen (secondary N) is 1. The first-order chi connectivity index (χ1) is 16.3. The van der Waals surface area contributed by atoms with E-state index in [0.717, 1.165) is 38.9 Å². The number of hydrogen-bond acceptors (Lipinski definition) is 7. The molecule has 0 spiro atoms. The van der Waals surface area contributed by atoms with Gasteiger partial charge in [0.2, 0.25) is 0 Å². The van der Waals surface area contributed by atoms with Gasteiger partial charge in [0.15, 0.2) is 5.82 Å². The highest BCUT2D eigenvalue weighted by Crippen LogP contribution is 2.31. The molecule has 0 radical (unpaired) electrons. The average molecular weight is 439 g/mol. The zero-order chi connectivity index (χ0) is 22.6. The van der Waals surface area contributed by atoms with Gasteiger partial charge >= 0.3 is 0 Å². The van der Waals surface area contributed by atoms with Crippen LogP contribution in [0.5, 0.6) is 6.01 Å². The Labute approximate surface area is 189 Å². The van der Waals surface area contributed by atoms with Crippen LogP contribution in [0.15, 0.2) is 71.9 Å². The molecule has 0 saturated carbocycles. The van der Waals surface area contributed by atoms with Crippen molar-refractivity contribution >= 4 is 17.2 Å². The van der Waals surface area contributed by atoms with Gasteiger partial charge in [-0.15, -0.1) is 5.10 Å². The molecule has 0 amide bonds. The van der Waals surface area contributed by atoms with Crippen molar-refractivity contribution in [1.82, 2.24) is 30.2 Å². The van der Waals surface area contributed by atoms with Gasteiger partial charge in [-0.2, -0.15) is 4.98 Å². The van der Waals surface area contributed by atoms with Crippen molar-refractivity contribution in [3.8, 4) is 28.5 Å². The average Bonchev–Trinajstić information content (AvgIpc) is 3.50. The molecule has 2 aromatic heterocycles. The lowest BCUT2D eigenvalue weighted by atomic mass is 9.98. The molecule has 9 heteroatoms. The molecule has 0 aliphatic heterocycles. The second-order valence-corrected chi connectivity index (χ2v) is 7.37. The highest BCUT2D eigenvalue weighted by molar-refractivity contribution is 5.97. The normalized spacial score (nSPS) is 11.4. The second kappa shape index (κ2) is 8.91. The molecule has 0 atom stereocenters. The number of hydrogen-bond donors (Lipinski definition) is 2. The molecule has 33 heavy (non-hydrogen) atoms. The molecular weight excluding hydrogens is 418 g/mol. The molecule has 2 heterocycles. The van der Waals surface area contributed by atoms with E-state index in [0.29, 0.717) is 25.0 Å². The van der Waals surface area contributed by atoms with Crippen molar-refractivity contribution in [3.63, 3.8) is 0 Å². The SMILES string of the molecule is CCOc1nc2cccc(/C=N/O)c2n1Cc1ccc(-c2ccccc2-c2nnn[nH]2)cc1. The maximum atomic E-state index is 9.09. The third kappa shape index (κ3) is 3.91. The number of imidazole rings is 1. The zero-order valence-electron chi connectivity index (χ0n) is 17.9. The van der Waals surface area contributed by atoms with Crippen LogP contribution < -0.4 is 4.74 Å². The third-order valence-corrected chi connectivity index (χ3v) is 5.37. The number of tetrazole rings is 1. The monoisotopic (exact) mass is 439 g/mol. The standard InChI is InChI=1S/C24H21N7O2/c1-2-33-24-26-21-9-5-6-18(14-25-32)22(21)31(24)15-16-10-12-17(13-11-16)19-7-3-4-8-20(19)23-27-29-30-28-23/h3-14,32H,2,15H2,1H3,(H,27,28,29,30)/b25-14+. The van der Waals surface area contributed by atoms with E-state index in [9.17, 15) is 0 Å². The van der Waals surface area contributed by atoms with Gasteiger partial charge in [0.1, 0.15) is 0 Å². The minimum absolute atomic E-state index is 0.499. The summed E-state index contributed by atoms with van der Waals surface area (Å²) < 4.78 is 7.80. The number of fused-ring (bicyclic) bond motifs is 1. The van der Waals surface area contributed by atoms with Crippen molar-refractivity contribution in [2.24, 2.45) is 5.16 Å².